The molecule has 2 atom stereocenters. The number of anilines is 1. The van der Waals surface area contributed by atoms with Gasteiger partial charge in [-0.15, -0.1) is 0 Å². The second-order valence-corrected chi connectivity index (χ2v) is 4.41. The van der Waals surface area contributed by atoms with E-state index in [1.165, 1.54) is 0 Å². The van der Waals surface area contributed by atoms with E-state index in [-0.39, 0.29) is 23.4 Å². The van der Waals surface area contributed by atoms with Gasteiger partial charge in [-0.25, -0.2) is 0 Å². The number of nitrogens with zero attached hydrogens (tertiary/aromatic N) is 2. The molecule has 1 aliphatic heterocycles. The maximum atomic E-state index is 10.6. The van der Waals surface area contributed by atoms with E-state index in [0.29, 0.717) is 5.56 Å². The van der Waals surface area contributed by atoms with Crippen molar-refractivity contribution < 1.29 is 4.92 Å². The Hall–Kier alpha value is -2.09. The lowest BCUT2D eigenvalue weighted by atomic mass is 9.87. The molecule has 1 aromatic rings. The van der Waals surface area contributed by atoms with E-state index in [9.17, 15) is 10.1 Å². The first-order valence-corrected chi connectivity index (χ1v) is 5.52. The molecule has 0 saturated carbocycles. The summed E-state index contributed by atoms with van der Waals surface area (Å²) in [6.07, 6.45) is 0.750. The molecule has 0 unspecified atom stereocenters. The van der Waals surface area contributed by atoms with Gasteiger partial charge in [0.25, 0.3) is 0 Å². The van der Waals surface area contributed by atoms with Gasteiger partial charge in [-0.3, -0.25) is 10.1 Å². The molecule has 0 saturated heterocycles. The number of nitrogens with one attached hydrogen (secondary N) is 1. The largest absolute Gasteiger partial charge is 0.382 e. The zero-order valence-corrected chi connectivity index (χ0v) is 9.51. The van der Waals surface area contributed by atoms with Crippen LogP contribution < -0.4 is 5.32 Å². The second-order valence-electron chi connectivity index (χ2n) is 4.41. The Kier molecular flexibility index (Phi) is 2.96. The van der Waals surface area contributed by atoms with E-state index in [4.69, 9.17) is 5.26 Å². The summed E-state index contributed by atoms with van der Waals surface area (Å²) in [5, 5.41) is 22.7. The van der Waals surface area contributed by atoms with Gasteiger partial charge in [0.05, 0.1) is 17.6 Å². The molecule has 0 fully saturated rings. The van der Waals surface area contributed by atoms with Crippen molar-refractivity contribution in [2.45, 2.75) is 25.3 Å². The van der Waals surface area contributed by atoms with Crippen molar-refractivity contribution in [3.05, 3.63) is 39.4 Å². The van der Waals surface area contributed by atoms with Gasteiger partial charge in [-0.2, -0.15) is 5.26 Å². The molecule has 5 nitrogen and oxygen atoms in total. The minimum atomic E-state index is -0.273. The number of rotatable bonds is 2. The SMILES string of the molecule is C[C@H]1C[C@@H](C[N+](=O)[O-])c2ccc(C#N)cc2N1. The smallest absolute Gasteiger partial charge is 0.210 e. The maximum absolute atomic E-state index is 10.6. The normalized spacial score (nSPS) is 22.1. The average Bonchev–Trinajstić information content (AvgIpc) is 2.27. The Morgan fingerprint density at radius 1 is 1.65 bits per heavy atom. The summed E-state index contributed by atoms with van der Waals surface area (Å²) in [4.78, 5) is 10.4. The molecule has 0 radical (unpaired) electrons. The zero-order chi connectivity index (χ0) is 12.4. The zero-order valence-electron chi connectivity index (χ0n) is 9.51. The molecule has 0 aromatic heterocycles. The molecule has 1 aromatic carbocycles. The Morgan fingerprint density at radius 2 is 2.41 bits per heavy atom. The summed E-state index contributed by atoms with van der Waals surface area (Å²) in [5.74, 6) is -0.0657. The minimum absolute atomic E-state index is 0.0507. The van der Waals surface area contributed by atoms with E-state index in [1.54, 1.807) is 12.1 Å². The minimum Gasteiger partial charge on any atom is -0.382 e. The number of nitro groups is 1. The summed E-state index contributed by atoms with van der Waals surface area (Å²) in [6.45, 7) is 1.94. The van der Waals surface area contributed by atoms with Crippen LogP contribution in [0.25, 0.3) is 0 Å². The van der Waals surface area contributed by atoms with E-state index < -0.39 is 0 Å². The third-order valence-corrected chi connectivity index (χ3v) is 3.03. The van der Waals surface area contributed by atoms with Crippen LogP contribution in [0.5, 0.6) is 0 Å². The third kappa shape index (κ3) is 2.36. The van der Waals surface area contributed by atoms with Gasteiger partial charge in [0, 0.05) is 16.7 Å². The monoisotopic (exact) mass is 231 g/mol. The number of hydrogen-bond acceptors (Lipinski definition) is 4. The Balaban J connectivity index is 2.37. The van der Waals surface area contributed by atoms with E-state index in [1.807, 2.05) is 13.0 Å². The summed E-state index contributed by atoms with van der Waals surface area (Å²) in [7, 11) is 0. The predicted molar refractivity (Wildman–Crippen MR) is 63.5 cm³/mol. The summed E-state index contributed by atoms with van der Waals surface area (Å²) < 4.78 is 0. The van der Waals surface area contributed by atoms with Crippen LogP contribution in [0.4, 0.5) is 5.69 Å². The predicted octanol–water partition coefficient (Wildman–Crippen LogP) is 2.12. The van der Waals surface area contributed by atoms with Gasteiger partial charge in [-0.1, -0.05) is 6.07 Å². The molecule has 1 heterocycles. The molecule has 0 aliphatic carbocycles. The molecule has 1 N–H and O–H groups in total. The summed E-state index contributed by atoms with van der Waals surface area (Å²) in [5.41, 5.74) is 2.37. The Labute approximate surface area is 99.2 Å². The van der Waals surface area contributed by atoms with Crippen molar-refractivity contribution in [1.82, 2.24) is 0 Å². The van der Waals surface area contributed by atoms with E-state index in [0.717, 1.165) is 17.7 Å². The molecule has 0 bridgehead atoms. The summed E-state index contributed by atoms with van der Waals surface area (Å²) >= 11 is 0. The molecular formula is C12H13N3O2. The highest BCUT2D eigenvalue weighted by atomic mass is 16.6. The van der Waals surface area contributed by atoms with E-state index >= 15 is 0 Å². The van der Waals surface area contributed by atoms with Crippen LogP contribution in [0.15, 0.2) is 18.2 Å². The van der Waals surface area contributed by atoms with Crippen LogP contribution in [0, 0.1) is 21.4 Å². The molecule has 5 heteroatoms. The molecular weight excluding hydrogens is 218 g/mol. The average molecular weight is 231 g/mol. The fourth-order valence-electron chi connectivity index (χ4n) is 2.34. The standard InChI is InChI=1S/C12H13N3O2/c1-8-4-10(7-15(16)17)11-3-2-9(6-13)5-12(11)14-8/h2-3,5,8,10,14H,4,7H2,1H3/t8-,10-/m0/s1. The third-order valence-electron chi connectivity index (χ3n) is 3.03. The fourth-order valence-corrected chi connectivity index (χ4v) is 2.34. The van der Waals surface area contributed by atoms with Gasteiger partial charge >= 0.3 is 0 Å². The highest BCUT2D eigenvalue weighted by Gasteiger charge is 2.27. The van der Waals surface area contributed by atoms with Gasteiger partial charge in [0.15, 0.2) is 0 Å². The first-order valence-electron chi connectivity index (χ1n) is 5.52. The van der Waals surface area contributed by atoms with Gasteiger partial charge in [0.2, 0.25) is 6.54 Å². The summed E-state index contributed by atoms with van der Waals surface area (Å²) in [6, 6.07) is 7.56. The molecule has 0 spiro atoms. The van der Waals surface area contributed by atoms with Crippen molar-refractivity contribution in [2.24, 2.45) is 0 Å². The first kappa shape index (κ1) is 11.4. The topological polar surface area (TPSA) is 79.0 Å². The highest BCUT2D eigenvalue weighted by molar-refractivity contribution is 5.59. The fraction of sp³-hybridized carbons (Fsp3) is 0.417. The van der Waals surface area contributed by atoms with Gasteiger partial charge in [-0.05, 0) is 31.0 Å². The molecule has 2 rings (SSSR count). The van der Waals surface area contributed by atoms with Crippen molar-refractivity contribution in [3.63, 3.8) is 0 Å². The van der Waals surface area contributed by atoms with Crippen LogP contribution in [0.3, 0.4) is 0 Å². The second kappa shape index (κ2) is 4.42. The highest BCUT2D eigenvalue weighted by Crippen LogP contribution is 2.34. The maximum Gasteiger partial charge on any atom is 0.210 e. The number of nitriles is 1. The quantitative estimate of drug-likeness (QED) is 0.624. The van der Waals surface area contributed by atoms with Crippen molar-refractivity contribution >= 4 is 5.69 Å². The lowest BCUT2D eigenvalue weighted by molar-refractivity contribution is -0.483. The van der Waals surface area contributed by atoms with Crippen LogP contribution in [0.2, 0.25) is 0 Å². The number of benzene rings is 1. The lowest BCUT2D eigenvalue weighted by Crippen LogP contribution is -2.28. The van der Waals surface area contributed by atoms with Gasteiger partial charge < -0.3 is 5.32 Å². The Bertz CT molecular complexity index is 493. The number of fused-ring (bicyclic) bond motifs is 1. The van der Waals surface area contributed by atoms with Crippen LogP contribution in [-0.4, -0.2) is 17.5 Å². The van der Waals surface area contributed by atoms with Crippen LogP contribution in [0.1, 0.15) is 30.4 Å². The molecule has 17 heavy (non-hydrogen) atoms. The van der Waals surface area contributed by atoms with Crippen LogP contribution >= 0.6 is 0 Å². The molecule has 0 amide bonds. The first-order chi connectivity index (χ1) is 8.10. The number of hydrogen-bond donors (Lipinski definition) is 1. The Morgan fingerprint density at radius 3 is 3.06 bits per heavy atom. The van der Waals surface area contributed by atoms with E-state index in [2.05, 4.69) is 11.4 Å². The van der Waals surface area contributed by atoms with Crippen molar-refractivity contribution in [2.75, 3.05) is 11.9 Å². The molecule has 88 valence electrons. The van der Waals surface area contributed by atoms with Crippen molar-refractivity contribution in [1.29, 1.82) is 5.26 Å². The lowest BCUT2D eigenvalue weighted by Gasteiger charge is -2.29. The van der Waals surface area contributed by atoms with Crippen molar-refractivity contribution in [3.8, 4) is 6.07 Å². The molecule has 1 aliphatic rings. The van der Waals surface area contributed by atoms with Gasteiger partial charge in [0.1, 0.15) is 0 Å². The van der Waals surface area contributed by atoms with Crippen LogP contribution in [-0.2, 0) is 0 Å².